The van der Waals surface area contributed by atoms with Crippen LogP contribution in [0.25, 0.3) is 87.7 Å². The van der Waals surface area contributed by atoms with Gasteiger partial charge >= 0.3 is 0 Å². The molecule has 0 aliphatic heterocycles. The van der Waals surface area contributed by atoms with E-state index < -0.39 is 0 Å². The molecule has 0 unspecified atom stereocenters. The Bertz CT molecular complexity index is 3410. The molecule has 0 saturated carbocycles. The molecule has 11 rings (SSSR count). The lowest BCUT2D eigenvalue weighted by Gasteiger charge is -2.27. The molecule has 3 heteroatoms. The number of fused-ring (bicyclic) bond motifs is 9. The fraction of sp³-hybridized carbons (Fsp3) is 0. The average Bonchev–Trinajstić information content (AvgIpc) is 3.84. The van der Waals surface area contributed by atoms with E-state index in [1.807, 2.05) is 108 Å². The zero-order valence-electron chi connectivity index (χ0n) is 32.4. The molecule has 11 aromatic rings. The monoisotopic (exact) mass is 681 g/mol. The van der Waals surface area contributed by atoms with E-state index in [-0.39, 0.29) is 35.4 Å². The zero-order valence-corrected chi connectivity index (χ0v) is 28.4. The molecular formula is C50H31NO2. The Morgan fingerprint density at radius 2 is 1.08 bits per heavy atom. The SMILES string of the molecule is [2H]c1c([2H])c(N(c2cccc(-c3ccc4ccccc4c3)c2)c2cccc3oc4c5ccccc5ccc4c23)c([2H])c([2H])c1-c1cccc2c1oc1ccccc12. The molecule has 0 radical (unpaired) electrons. The molecular weight excluding hydrogens is 647 g/mol. The van der Waals surface area contributed by atoms with E-state index in [1.54, 1.807) is 0 Å². The van der Waals surface area contributed by atoms with Crippen LogP contribution in [0.3, 0.4) is 0 Å². The number of hydrogen-bond acceptors (Lipinski definition) is 3. The van der Waals surface area contributed by atoms with Gasteiger partial charge in [0.15, 0.2) is 0 Å². The topological polar surface area (TPSA) is 29.5 Å². The average molecular weight is 682 g/mol. The molecule has 0 bridgehead atoms. The highest BCUT2D eigenvalue weighted by Crippen LogP contribution is 2.45. The van der Waals surface area contributed by atoms with Crippen LogP contribution in [0, 0.1) is 0 Å². The number of anilines is 3. The van der Waals surface area contributed by atoms with Crippen molar-refractivity contribution in [3.05, 3.63) is 188 Å². The maximum Gasteiger partial charge on any atom is 0.143 e. The Kier molecular flexibility index (Phi) is 5.71. The van der Waals surface area contributed by atoms with Crippen molar-refractivity contribution in [2.24, 2.45) is 0 Å². The predicted molar refractivity (Wildman–Crippen MR) is 222 cm³/mol. The van der Waals surface area contributed by atoms with Crippen LogP contribution in [0.5, 0.6) is 0 Å². The van der Waals surface area contributed by atoms with Gasteiger partial charge < -0.3 is 13.7 Å². The van der Waals surface area contributed by atoms with Crippen LogP contribution < -0.4 is 4.90 Å². The minimum absolute atomic E-state index is 0.129. The lowest BCUT2D eigenvalue weighted by Crippen LogP contribution is -2.10. The van der Waals surface area contributed by atoms with Crippen LogP contribution in [0.4, 0.5) is 17.1 Å². The summed E-state index contributed by atoms with van der Waals surface area (Å²) in [6.45, 7) is 0. The quantitative estimate of drug-likeness (QED) is 0.181. The van der Waals surface area contributed by atoms with E-state index in [0.29, 0.717) is 33.7 Å². The summed E-state index contributed by atoms with van der Waals surface area (Å²) < 4.78 is 51.5. The van der Waals surface area contributed by atoms with E-state index in [4.69, 9.17) is 8.83 Å². The van der Waals surface area contributed by atoms with Crippen molar-refractivity contribution in [3.63, 3.8) is 0 Å². The number of para-hydroxylation sites is 2. The van der Waals surface area contributed by atoms with Crippen LogP contribution in [-0.4, -0.2) is 0 Å². The first kappa shape index (κ1) is 25.8. The number of hydrogen-bond donors (Lipinski definition) is 0. The first-order chi connectivity index (χ1) is 27.9. The number of benzene rings is 9. The van der Waals surface area contributed by atoms with E-state index in [9.17, 15) is 5.48 Å². The molecule has 248 valence electrons. The zero-order chi connectivity index (χ0) is 38.4. The highest BCUT2D eigenvalue weighted by Gasteiger charge is 2.21. The summed E-state index contributed by atoms with van der Waals surface area (Å²) >= 11 is 0. The summed E-state index contributed by atoms with van der Waals surface area (Å²) in [5, 5.41) is 7.77. The third kappa shape index (κ3) is 4.75. The Hall–Kier alpha value is -7.10. The fourth-order valence-corrected chi connectivity index (χ4v) is 7.80. The number of rotatable bonds is 5. The van der Waals surface area contributed by atoms with Gasteiger partial charge in [-0.1, -0.05) is 133 Å². The second-order valence-electron chi connectivity index (χ2n) is 13.4. The summed E-state index contributed by atoms with van der Waals surface area (Å²) in [6.07, 6.45) is 0. The highest BCUT2D eigenvalue weighted by atomic mass is 16.3. The highest BCUT2D eigenvalue weighted by molar-refractivity contribution is 6.19. The molecule has 0 saturated heterocycles. The summed E-state index contributed by atoms with van der Waals surface area (Å²) in [4.78, 5) is 1.86. The van der Waals surface area contributed by atoms with Crippen molar-refractivity contribution in [2.75, 3.05) is 4.90 Å². The van der Waals surface area contributed by atoms with Crippen LogP contribution >= 0.6 is 0 Å². The van der Waals surface area contributed by atoms with Crippen molar-refractivity contribution in [3.8, 4) is 22.3 Å². The normalized spacial score (nSPS) is 12.8. The van der Waals surface area contributed by atoms with Gasteiger partial charge in [-0.3, -0.25) is 0 Å². The first-order valence-corrected chi connectivity index (χ1v) is 17.7. The van der Waals surface area contributed by atoms with E-state index in [2.05, 4.69) is 60.7 Å². The molecule has 2 aromatic heterocycles. The first-order valence-electron chi connectivity index (χ1n) is 19.7. The molecule has 2 heterocycles. The predicted octanol–water partition coefficient (Wildman–Crippen LogP) is 14.6. The smallest absolute Gasteiger partial charge is 0.143 e. The van der Waals surface area contributed by atoms with Gasteiger partial charge in [0, 0.05) is 38.5 Å². The Morgan fingerprint density at radius 1 is 0.396 bits per heavy atom. The van der Waals surface area contributed by atoms with E-state index >= 15 is 0 Å². The Morgan fingerprint density at radius 3 is 1.98 bits per heavy atom. The third-order valence-corrected chi connectivity index (χ3v) is 10.3. The van der Waals surface area contributed by atoms with Gasteiger partial charge in [0.05, 0.1) is 16.6 Å². The van der Waals surface area contributed by atoms with Crippen molar-refractivity contribution in [1.29, 1.82) is 0 Å². The van der Waals surface area contributed by atoms with Crippen molar-refractivity contribution in [1.82, 2.24) is 0 Å². The Labute approximate surface area is 311 Å². The van der Waals surface area contributed by atoms with Gasteiger partial charge in [-0.25, -0.2) is 0 Å². The second kappa shape index (κ2) is 11.7. The third-order valence-electron chi connectivity index (χ3n) is 10.3. The molecule has 3 nitrogen and oxygen atoms in total. The van der Waals surface area contributed by atoms with Crippen molar-refractivity contribution in [2.45, 2.75) is 0 Å². The molecule has 0 spiro atoms. The number of furan rings is 2. The molecule has 0 fully saturated rings. The maximum absolute atomic E-state index is 9.73. The summed E-state index contributed by atoms with van der Waals surface area (Å²) in [5.41, 5.74) is 6.74. The molecule has 0 aliphatic rings. The molecule has 9 aromatic carbocycles. The van der Waals surface area contributed by atoms with E-state index in [0.717, 1.165) is 59.8 Å². The number of nitrogens with zero attached hydrogens (tertiary/aromatic N) is 1. The van der Waals surface area contributed by atoms with Crippen LogP contribution in [0.2, 0.25) is 0 Å². The fourth-order valence-electron chi connectivity index (χ4n) is 7.80. The molecule has 53 heavy (non-hydrogen) atoms. The van der Waals surface area contributed by atoms with Crippen LogP contribution in [0.1, 0.15) is 5.48 Å². The summed E-state index contributed by atoms with van der Waals surface area (Å²) in [5.74, 6) is 0. The van der Waals surface area contributed by atoms with E-state index in [1.165, 1.54) is 0 Å². The maximum atomic E-state index is 9.73. The standard InChI is InChI=1S/C50H31NO2/c1-2-12-35-30-37(23-22-32(35)10-1)36-13-7-14-39(31-36)51(45-19-9-21-47-48(45)44-29-26-33-11-3-4-15-40(33)50(44)53-47)38-27-24-34(25-28-38)41-17-8-18-43-42-16-5-6-20-46(42)52-49(41)43/h1-31H/i24D,25D,27D,28D. The van der Waals surface area contributed by atoms with Gasteiger partial charge in [-0.15, -0.1) is 0 Å². The van der Waals surface area contributed by atoms with Crippen LogP contribution in [0.15, 0.2) is 197 Å². The molecule has 0 amide bonds. The van der Waals surface area contributed by atoms with Gasteiger partial charge in [-0.2, -0.15) is 0 Å². The van der Waals surface area contributed by atoms with Gasteiger partial charge in [0.2, 0.25) is 0 Å². The minimum Gasteiger partial charge on any atom is -0.455 e. The van der Waals surface area contributed by atoms with Gasteiger partial charge in [0.25, 0.3) is 0 Å². The molecule has 0 N–H and O–H groups in total. The summed E-state index contributed by atoms with van der Waals surface area (Å²) in [6, 6.07) is 53.4. The summed E-state index contributed by atoms with van der Waals surface area (Å²) in [7, 11) is 0. The van der Waals surface area contributed by atoms with Gasteiger partial charge in [-0.05, 0) is 87.4 Å². The van der Waals surface area contributed by atoms with Crippen LogP contribution in [-0.2, 0) is 0 Å². The van der Waals surface area contributed by atoms with Crippen molar-refractivity contribution >= 4 is 82.5 Å². The second-order valence-corrected chi connectivity index (χ2v) is 13.4. The lowest BCUT2D eigenvalue weighted by molar-refractivity contribution is 0.670. The Balaban J connectivity index is 1.19. The lowest BCUT2D eigenvalue weighted by atomic mass is 9.99. The van der Waals surface area contributed by atoms with Crippen molar-refractivity contribution < 1.29 is 14.3 Å². The van der Waals surface area contributed by atoms with Gasteiger partial charge in [0.1, 0.15) is 22.3 Å². The minimum atomic E-state index is -0.175. The largest absolute Gasteiger partial charge is 0.455 e. The molecule has 0 aliphatic carbocycles. The molecule has 0 atom stereocenters.